The van der Waals surface area contributed by atoms with Gasteiger partial charge in [0.2, 0.25) is 5.88 Å². The molecule has 1 aromatic heterocycles. The van der Waals surface area contributed by atoms with Gasteiger partial charge in [0.05, 0.1) is 7.11 Å². The molecule has 23 heavy (non-hydrogen) atoms. The fourth-order valence-electron chi connectivity index (χ4n) is 3.20. The van der Waals surface area contributed by atoms with E-state index >= 15 is 0 Å². The third-order valence-corrected chi connectivity index (χ3v) is 4.54. The normalized spacial score (nSPS) is 18.3. The van der Waals surface area contributed by atoms with Crippen LogP contribution in [0, 0.1) is 18.7 Å². The van der Waals surface area contributed by atoms with Gasteiger partial charge in [-0.25, -0.2) is 9.37 Å². The fraction of sp³-hybridized carbons (Fsp3) is 0.421. The van der Waals surface area contributed by atoms with E-state index in [1.54, 1.807) is 20.1 Å². The smallest absolute Gasteiger partial charge is 0.212 e. The SMILES string of the molecule is COc1ccc(CN2CCC(Cc3ccc(C)c(F)c3)C2)cn1. The number of halogens is 1. The summed E-state index contributed by atoms with van der Waals surface area (Å²) < 4.78 is 18.7. The van der Waals surface area contributed by atoms with Gasteiger partial charge in [-0.15, -0.1) is 0 Å². The maximum atomic E-state index is 13.7. The third-order valence-electron chi connectivity index (χ3n) is 4.54. The Balaban J connectivity index is 1.54. The Morgan fingerprint density at radius 2 is 2.09 bits per heavy atom. The van der Waals surface area contributed by atoms with Crippen LogP contribution in [0.2, 0.25) is 0 Å². The summed E-state index contributed by atoms with van der Waals surface area (Å²) in [7, 11) is 1.63. The second-order valence-corrected chi connectivity index (χ2v) is 6.39. The van der Waals surface area contributed by atoms with Crippen LogP contribution in [-0.2, 0) is 13.0 Å². The average Bonchev–Trinajstić information content (AvgIpc) is 2.99. The van der Waals surface area contributed by atoms with Gasteiger partial charge in [0, 0.05) is 25.4 Å². The van der Waals surface area contributed by atoms with E-state index in [9.17, 15) is 4.39 Å². The monoisotopic (exact) mass is 314 g/mol. The number of likely N-dealkylation sites (tertiary alicyclic amines) is 1. The Morgan fingerprint density at radius 1 is 1.26 bits per heavy atom. The zero-order chi connectivity index (χ0) is 16.2. The van der Waals surface area contributed by atoms with Gasteiger partial charge in [-0.05, 0) is 55.0 Å². The summed E-state index contributed by atoms with van der Waals surface area (Å²) in [5.41, 5.74) is 3.02. The standard InChI is InChI=1S/C19H23FN2O/c1-14-3-4-15(10-18(14)20)9-16-7-8-22(12-16)13-17-5-6-19(23-2)21-11-17/h3-6,10-11,16H,7-9,12-13H2,1-2H3. The molecule has 1 saturated heterocycles. The summed E-state index contributed by atoms with van der Waals surface area (Å²) in [6, 6.07) is 9.58. The van der Waals surface area contributed by atoms with Crippen LogP contribution in [0.5, 0.6) is 5.88 Å². The molecule has 4 heteroatoms. The maximum absolute atomic E-state index is 13.7. The van der Waals surface area contributed by atoms with Gasteiger partial charge in [0.25, 0.3) is 0 Å². The molecule has 0 aliphatic carbocycles. The molecule has 0 N–H and O–H groups in total. The first-order valence-electron chi connectivity index (χ1n) is 8.10. The summed E-state index contributed by atoms with van der Waals surface area (Å²) in [5.74, 6) is 1.15. The number of aryl methyl sites for hydroxylation is 1. The van der Waals surface area contributed by atoms with Crippen LogP contribution in [0.1, 0.15) is 23.1 Å². The summed E-state index contributed by atoms with van der Waals surface area (Å²) in [4.78, 5) is 6.70. The van der Waals surface area contributed by atoms with Crippen molar-refractivity contribution >= 4 is 0 Å². The van der Waals surface area contributed by atoms with Crippen LogP contribution >= 0.6 is 0 Å². The second kappa shape index (κ2) is 7.09. The Morgan fingerprint density at radius 3 is 2.78 bits per heavy atom. The minimum atomic E-state index is -0.0957. The first kappa shape index (κ1) is 15.9. The minimum absolute atomic E-state index is 0.0957. The molecular formula is C19H23FN2O. The van der Waals surface area contributed by atoms with Crippen molar-refractivity contribution in [2.24, 2.45) is 5.92 Å². The predicted molar refractivity (Wildman–Crippen MR) is 89.0 cm³/mol. The maximum Gasteiger partial charge on any atom is 0.212 e. The Hall–Kier alpha value is -1.94. The van der Waals surface area contributed by atoms with Crippen molar-refractivity contribution in [1.29, 1.82) is 0 Å². The minimum Gasteiger partial charge on any atom is -0.481 e. The van der Waals surface area contributed by atoms with E-state index in [1.807, 2.05) is 18.3 Å². The van der Waals surface area contributed by atoms with Gasteiger partial charge in [-0.3, -0.25) is 4.90 Å². The molecule has 3 nitrogen and oxygen atoms in total. The van der Waals surface area contributed by atoms with Gasteiger partial charge in [0.1, 0.15) is 5.82 Å². The highest BCUT2D eigenvalue weighted by Crippen LogP contribution is 2.23. The quantitative estimate of drug-likeness (QED) is 0.843. The molecule has 0 bridgehead atoms. The summed E-state index contributed by atoms with van der Waals surface area (Å²) in [5, 5.41) is 0. The molecule has 2 heterocycles. The highest BCUT2D eigenvalue weighted by molar-refractivity contribution is 5.24. The van der Waals surface area contributed by atoms with Crippen molar-refractivity contribution < 1.29 is 9.13 Å². The molecular weight excluding hydrogens is 291 g/mol. The number of hydrogen-bond acceptors (Lipinski definition) is 3. The lowest BCUT2D eigenvalue weighted by Gasteiger charge is -2.16. The average molecular weight is 314 g/mol. The van der Waals surface area contributed by atoms with Crippen molar-refractivity contribution in [3.8, 4) is 5.88 Å². The Labute approximate surface area is 137 Å². The number of rotatable bonds is 5. The summed E-state index contributed by atoms with van der Waals surface area (Å²) >= 11 is 0. The van der Waals surface area contributed by atoms with Crippen LogP contribution < -0.4 is 4.74 Å². The van der Waals surface area contributed by atoms with Gasteiger partial charge in [-0.2, -0.15) is 0 Å². The molecule has 2 aromatic rings. The number of benzene rings is 1. The lowest BCUT2D eigenvalue weighted by Crippen LogP contribution is -2.20. The van der Waals surface area contributed by atoms with E-state index in [1.165, 1.54) is 12.0 Å². The molecule has 3 rings (SSSR count). The van der Waals surface area contributed by atoms with Gasteiger partial charge < -0.3 is 4.74 Å². The molecule has 0 spiro atoms. The molecule has 1 atom stereocenters. The Kier molecular flexibility index (Phi) is 4.91. The van der Waals surface area contributed by atoms with Crippen LogP contribution in [0.15, 0.2) is 36.5 Å². The molecule has 0 radical (unpaired) electrons. The Bertz CT molecular complexity index is 657. The van der Waals surface area contributed by atoms with E-state index in [2.05, 4.69) is 22.0 Å². The lowest BCUT2D eigenvalue weighted by atomic mass is 9.98. The van der Waals surface area contributed by atoms with Crippen LogP contribution in [-0.4, -0.2) is 30.1 Å². The van der Waals surface area contributed by atoms with E-state index in [0.29, 0.717) is 17.4 Å². The molecule has 0 amide bonds. The number of aromatic nitrogens is 1. The lowest BCUT2D eigenvalue weighted by molar-refractivity contribution is 0.315. The van der Waals surface area contributed by atoms with Crippen LogP contribution in [0.25, 0.3) is 0 Å². The summed E-state index contributed by atoms with van der Waals surface area (Å²) in [6.07, 6.45) is 4.00. The van der Waals surface area contributed by atoms with Gasteiger partial charge >= 0.3 is 0 Å². The highest BCUT2D eigenvalue weighted by Gasteiger charge is 2.23. The van der Waals surface area contributed by atoms with E-state index < -0.39 is 0 Å². The molecule has 1 aromatic carbocycles. The molecule has 1 unspecified atom stereocenters. The van der Waals surface area contributed by atoms with E-state index in [-0.39, 0.29) is 5.82 Å². The molecule has 122 valence electrons. The second-order valence-electron chi connectivity index (χ2n) is 6.39. The third kappa shape index (κ3) is 4.08. The first-order valence-corrected chi connectivity index (χ1v) is 8.10. The zero-order valence-electron chi connectivity index (χ0n) is 13.8. The largest absolute Gasteiger partial charge is 0.481 e. The van der Waals surface area contributed by atoms with Gasteiger partial charge in [0.15, 0.2) is 0 Å². The van der Waals surface area contributed by atoms with Crippen molar-refractivity contribution in [3.63, 3.8) is 0 Å². The number of nitrogens with zero attached hydrogens (tertiary/aromatic N) is 2. The van der Waals surface area contributed by atoms with Crippen molar-refractivity contribution in [2.45, 2.75) is 26.3 Å². The number of ether oxygens (including phenoxy) is 1. The van der Waals surface area contributed by atoms with E-state index in [4.69, 9.17) is 4.74 Å². The van der Waals surface area contributed by atoms with E-state index in [0.717, 1.165) is 31.6 Å². The molecule has 1 aliphatic heterocycles. The predicted octanol–water partition coefficient (Wildman–Crippen LogP) is 3.60. The summed E-state index contributed by atoms with van der Waals surface area (Å²) in [6.45, 7) is 4.86. The number of pyridine rings is 1. The highest BCUT2D eigenvalue weighted by atomic mass is 19.1. The van der Waals surface area contributed by atoms with Gasteiger partial charge in [-0.1, -0.05) is 18.2 Å². The van der Waals surface area contributed by atoms with Crippen LogP contribution in [0.3, 0.4) is 0 Å². The number of hydrogen-bond donors (Lipinski definition) is 0. The van der Waals surface area contributed by atoms with Crippen molar-refractivity contribution in [2.75, 3.05) is 20.2 Å². The fourth-order valence-corrected chi connectivity index (χ4v) is 3.20. The van der Waals surface area contributed by atoms with Crippen molar-refractivity contribution in [3.05, 3.63) is 59.0 Å². The first-order chi connectivity index (χ1) is 11.1. The zero-order valence-corrected chi connectivity index (χ0v) is 13.8. The van der Waals surface area contributed by atoms with Crippen molar-refractivity contribution in [1.82, 2.24) is 9.88 Å². The topological polar surface area (TPSA) is 25.4 Å². The molecule has 0 saturated carbocycles. The number of methoxy groups -OCH3 is 1. The molecule has 1 fully saturated rings. The van der Waals surface area contributed by atoms with Crippen LogP contribution in [0.4, 0.5) is 4.39 Å². The molecule has 1 aliphatic rings.